The van der Waals surface area contributed by atoms with Crippen LogP contribution in [0.25, 0.3) is 0 Å². The maximum Gasteiger partial charge on any atom is 0.127 e. The van der Waals surface area contributed by atoms with Gasteiger partial charge in [0.05, 0.1) is 0 Å². The molecule has 2 atom stereocenters. The van der Waals surface area contributed by atoms with Crippen LogP contribution in [0.2, 0.25) is 0 Å². The number of phenols is 1. The summed E-state index contributed by atoms with van der Waals surface area (Å²) in [6.45, 7) is 9.22. The highest BCUT2D eigenvalue weighted by atomic mass is 16.5. The third-order valence-corrected chi connectivity index (χ3v) is 6.24. The number of ether oxygens (including phenoxy) is 1. The molecule has 1 aliphatic heterocycles. The van der Waals surface area contributed by atoms with Gasteiger partial charge in [-0.2, -0.15) is 0 Å². The number of rotatable bonds is 4. The van der Waals surface area contributed by atoms with E-state index in [1.54, 1.807) is 0 Å². The molecule has 128 valence electrons. The van der Waals surface area contributed by atoms with Crippen molar-refractivity contribution >= 4 is 0 Å². The summed E-state index contributed by atoms with van der Waals surface area (Å²) in [5.41, 5.74) is 2.44. The molecule has 2 aliphatic rings. The van der Waals surface area contributed by atoms with Crippen molar-refractivity contribution in [1.29, 1.82) is 0 Å². The molecule has 23 heavy (non-hydrogen) atoms. The van der Waals surface area contributed by atoms with E-state index in [9.17, 15) is 5.11 Å². The van der Waals surface area contributed by atoms with Crippen LogP contribution in [-0.4, -0.2) is 10.7 Å². The predicted molar refractivity (Wildman–Crippen MR) is 95.2 cm³/mol. The highest BCUT2D eigenvalue weighted by molar-refractivity contribution is 5.49. The standard InChI is InChI=1S/C21H32O2/c1-5-6-7-9-15-12-17(22)16-14-19-20(2,3)10-8-11-21(19,4)23-18(16)13-15/h12-13,19,22H,5-11,14H2,1-4H3/t19-,21+/m0/s1. The quantitative estimate of drug-likeness (QED) is 0.728. The Labute approximate surface area is 141 Å². The van der Waals surface area contributed by atoms with Gasteiger partial charge < -0.3 is 9.84 Å². The second kappa shape index (κ2) is 6.03. The van der Waals surface area contributed by atoms with E-state index in [2.05, 4.69) is 33.8 Å². The van der Waals surface area contributed by atoms with E-state index in [4.69, 9.17) is 4.74 Å². The van der Waals surface area contributed by atoms with Crippen molar-refractivity contribution in [3.8, 4) is 11.5 Å². The molecule has 1 aromatic carbocycles. The van der Waals surface area contributed by atoms with Gasteiger partial charge in [-0.05, 0) is 68.6 Å². The number of phenolic OH excluding ortho intramolecular Hbond substituents is 1. The summed E-state index contributed by atoms with van der Waals surface area (Å²) < 4.78 is 6.53. The smallest absolute Gasteiger partial charge is 0.127 e. The molecule has 0 amide bonds. The van der Waals surface area contributed by atoms with Crippen molar-refractivity contribution < 1.29 is 9.84 Å². The molecule has 1 aliphatic carbocycles. The SMILES string of the molecule is CCCCCc1cc(O)c2c(c1)O[C@]1(C)CCCC(C)(C)[C@@H]1C2. The molecular formula is C21H32O2. The number of fused-ring (bicyclic) bond motifs is 2. The van der Waals surface area contributed by atoms with Gasteiger partial charge in [-0.15, -0.1) is 0 Å². The first-order chi connectivity index (χ1) is 10.9. The van der Waals surface area contributed by atoms with E-state index in [-0.39, 0.29) is 11.0 Å². The van der Waals surface area contributed by atoms with Crippen LogP contribution in [0.5, 0.6) is 11.5 Å². The van der Waals surface area contributed by atoms with Gasteiger partial charge in [-0.25, -0.2) is 0 Å². The lowest BCUT2D eigenvalue weighted by Gasteiger charge is -2.53. The van der Waals surface area contributed by atoms with Crippen LogP contribution in [0.4, 0.5) is 0 Å². The number of benzene rings is 1. The Bertz CT molecular complexity index is 575. The van der Waals surface area contributed by atoms with Gasteiger partial charge in [0.1, 0.15) is 17.1 Å². The first kappa shape index (κ1) is 16.7. The van der Waals surface area contributed by atoms with Crippen LogP contribution < -0.4 is 4.74 Å². The first-order valence-corrected chi connectivity index (χ1v) is 9.39. The minimum atomic E-state index is -0.0801. The average Bonchev–Trinajstić information content (AvgIpc) is 2.45. The van der Waals surface area contributed by atoms with E-state index in [1.807, 2.05) is 6.07 Å². The molecule has 0 aromatic heterocycles. The van der Waals surface area contributed by atoms with E-state index in [1.165, 1.54) is 37.7 Å². The van der Waals surface area contributed by atoms with Gasteiger partial charge in [0.15, 0.2) is 0 Å². The normalized spacial score (nSPS) is 28.6. The molecular weight excluding hydrogens is 284 g/mol. The van der Waals surface area contributed by atoms with Gasteiger partial charge in [0.25, 0.3) is 0 Å². The zero-order chi connectivity index (χ0) is 16.7. The monoisotopic (exact) mass is 316 g/mol. The van der Waals surface area contributed by atoms with Crippen molar-refractivity contribution in [1.82, 2.24) is 0 Å². The fourth-order valence-corrected chi connectivity index (χ4v) is 4.85. The molecule has 1 N–H and O–H groups in total. The summed E-state index contributed by atoms with van der Waals surface area (Å²) >= 11 is 0. The van der Waals surface area contributed by atoms with Gasteiger partial charge in [-0.3, -0.25) is 0 Å². The second-order valence-electron chi connectivity index (χ2n) is 8.56. The van der Waals surface area contributed by atoms with Crippen molar-refractivity contribution in [3.05, 3.63) is 23.3 Å². The Balaban J connectivity index is 1.90. The minimum absolute atomic E-state index is 0.0801. The van der Waals surface area contributed by atoms with Crippen molar-refractivity contribution in [3.63, 3.8) is 0 Å². The van der Waals surface area contributed by atoms with Gasteiger partial charge >= 0.3 is 0 Å². The summed E-state index contributed by atoms with van der Waals surface area (Å²) in [5, 5.41) is 10.6. The van der Waals surface area contributed by atoms with Crippen molar-refractivity contribution in [2.45, 2.75) is 84.7 Å². The number of unbranched alkanes of at least 4 members (excludes halogenated alkanes) is 2. The number of hydrogen-bond donors (Lipinski definition) is 1. The summed E-state index contributed by atoms with van der Waals surface area (Å²) in [6, 6.07) is 4.16. The van der Waals surface area contributed by atoms with Crippen LogP contribution in [0.1, 0.15) is 77.3 Å². The summed E-state index contributed by atoms with van der Waals surface area (Å²) in [6.07, 6.45) is 9.24. The Kier molecular flexibility index (Phi) is 4.37. The lowest BCUT2D eigenvalue weighted by atomic mass is 9.59. The molecule has 2 heteroatoms. The third-order valence-electron chi connectivity index (χ3n) is 6.24. The number of hydrogen-bond acceptors (Lipinski definition) is 2. The van der Waals surface area contributed by atoms with Crippen molar-refractivity contribution in [2.24, 2.45) is 11.3 Å². The Hall–Kier alpha value is -1.18. The van der Waals surface area contributed by atoms with Crippen LogP contribution in [-0.2, 0) is 12.8 Å². The molecule has 1 heterocycles. The molecule has 0 spiro atoms. The van der Waals surface area contributed by atoms with Gasteiger partial charge in [0, 0.05) is 11.5 Å². The fraction of sp³-hybridized carbons (Fsp3) is 0.714. The zero-order valence-electron chi connectivity index (χ0n) is 15.2. The van der Waals surface area contributed by atoms with Crippen LogP contribution in [0, 0.1) is 11.3 Å². The third kappa shape index (κ3) is 3.09. The number of aryl methyl sites for hydroxylation is 1. The maximum atomic E-state index is 10.6. The van der Waals surface area contributed by atoms with E-state index >= 15 is 0 Å². The molecule has 1 fully saturated rings. The van der Waals surface area contributed by atoms with Gasteiger partial charge in [0.2, 0.25) is 0 Å². The Morgan fingerprint density at radius 2 is 1.96 bits per heavy atom. The highest BCUT2D eigenvalue weighted by Gasteiger charge is 2.51. The molecule has 0 saturated heterocycles. The summed E-state index contributed by atoms with van der Waals surface area (Å²) in [7, 11) is 0. The lowest BCUT2D eigenvalue weighted by molar-refractivity contribution is -0.0820. The van der Waals surface area contributed by atoms with Crippen molar-refractivity contribution in [2.75, 3.05) is 0 Å². The highest BCUT2D eigenvalue weighted by Crippen LogP contribution is 2.54. The average molecular weight is 316 g/mol. The lowest BCUT2D eigenvalue weighted by Crippen LogP contribution is -2.53. The molecule has 0 radical (unpaired) electrons. The van der Waals surface area contributed by atoms with Gasteiger partial charge in [-0.1, -0.05) is 33.6 Å². The molecule has 0 unspecified atom stereocenters. The zero-order valence-corrected chi connectivity index (χ0v) is 15.2. The van der Waals surface area contributed by atoms with Crippen LogP contribution >= 0.6 is 0 Å². The summed E-state index contributed by atoms with van der Waals surface area (Å²) in [5.74, 6) is 1.86. The molecule has 2 nitrogen and oxygen atoms in total. The maximum absolute atomic E-state index is 10.6. The minimum Gasteiger partial charge on any atom is -0.508 e. The Morgan fingerprint density at radius 3 is 2.70 bits per heavy atom. The van der Waals surface area contributed by atoms with E-state index in [0.717, 1.165) is 30.6 Å². The molecule has 1 aromatic rings. The largest absolute Gasteiger partial charge is 0.508 e. The first-order valence-electron chi connectivity index (χ1n) is 9.39. The predicted octanol–water partition coefficient (Wildman–Crippen LogP) is 5.64. The second-order valence-corrected chi connectivity index (χ2v) is 8.56. The van der Waals surface area contributed by atoms with E-state index in [0.29, 0.717) is 11.7 Å². The van der Waals surface area contributed by atoms with Crippen LogP contribution in [0.3, 0.4) is 0 Å². The summed E-state index contributed by atoms with van der Waals surface area (Å²) in [4.78, 5) is 0. The number of aromatic hydroxyl groups is 1. The van der Waals surface area contributed by atoms with Crippen LogP contribution in [0.15, 0.2) is 12.1 Å². The molecule has 3 rings (SSSR count). The fourth-order valence-electron chi connectivity index (χ4n) is 4.85. The Morgan fingerprint density at radius 1 is 1.17 bits per heavy atom. The molecule has 0 bridgehead atoms. The topological polar surface area (TPSA) is 29.5 Å². The van der Waals surface area contributed by atoms with E-state index < -0.39 is 0 Å². The molecule has 1 saturated carbocycles.